The van der Waals surface area contributed by atoms with Gasteiger partial charge in [-0.25, -0.2) is 0 Å². The summed E-state index contributed by atoms with van der Waals surface area (Å²) in [5.74, 6) is 0.775. The van der Waals surface area contributed by atoms with Gasteiger partial charge in [-0.1, -0.05) is 50.1 Å². The Bertz CT molecular complexity index is 905. The van der Waals surface area contributed by atoms with Crippen molar-refractivity contribution >= 4 is 5.91 Å². The summed E-state index contributed by atoms with van der Waals surface area (Å²) in [5, 5.41) is 0. The summed E-state index contributed by atoms with van der Waals surface area (Å²) >= 11 is 0. The van der Waals surface area contributed by atoms with E-state index in [4.69, 9.17) is 4.74 Å². The van der Waals surface area contributed by atoms with Crippen LogP contribution in [0.5, 0.6) is 5.75 Å². The van der Waals surface area contributed by atoms with Gasteiger partial charge in [0.25, 0.3) is 5.91 Å². The maximum atomic E-state index is 13.6. The molecule has 2 aliphatic heterocycles. The quantitative estimate of drug-likeness (QED) is 0.737. The molecule has 5 rings (SSSR count). The van der Waals surface area contributed by atoms with Gasteiger partial charge in [0.2, 0.25) is 0 Å². The first-order chi connectivity index (χ1) is 15.1. The number of rotatable bonds is 5. The maximum Gasteiger partial charge on any atom is 0.261 e. The molecule has 5 heteroatoms. The van der Waals surface area contributed by atoms with Crippen LogP contribution in [0.4, 0.5) is 0 Å². The minimum absolute atomic E-state index is 0.0845. The molecule has 2 bridgehead atoms. The van der Waals surface area contributed by atoms with Crippen LogP contribution in [0.15, 0.2) is 54.9 Å². The van der Waals surface area contributed by atoms with Crippen molar-refractivity contribution in [2.75, 3.05) is 13.7 Å². The molecule has 1 aromatic carbocycles. The van der Waals surface area contributed by atoms with Crippen LogP contribution in [0, 0.1) is 5.41 Å². The van der Waals surface area contributed by atoms with Crippen molar-refractivity contribution in [2.45, 2.75) is 69.6 Å². The third kappa shape index (κ3) is 3.63. The molecule has 3 aliphatic rings. The third-order valence-electron chi connectivity index (χ3n) is 8.10. The van der Waals surface area contributed by atoms with E-state index in [9.17, 15) is 4.79 Å². The fourth-order valence-corrected chi connectivity index (χ4v) is 6.71. The summed E-state index contributed by atoms with van der Waals surface area (Å²) in [6.07, 6.45) is 10.3. The zero-order chi connectivity index (χ0) is 21.4. The number of nitrogens with zero attached hydrogens (tertiary/aromatic N) is 3. The summed E-state index contributed by atoms with van der Waals surface area (Å²) in [5.41, 5.74) is 1.51. The predicted octanol–water partition coefficient (Wildman–Crippen LogP) is 3.94. The summed E-state index contributed by atoms with van der Waals surface area (Å²) in [6.45, 7) is 2.52. The van der Waals surface area contributed by atoms with Gasteiger partial charge in [-0.2, -0.15) is 0 Å². The minimum atomic E-state index is 0.0845. The number of aromatic nitrogens is 1. The number of amides is 1. The normalized spacial score (nSPS) is 32.5. The number of benzene rings is 1. The van der Waals surface area contributed by atoms with Crippen LogP contribution in [0.2, 0.25) is 0 Å². The minimum Gasteiger partial charge on any atom is -0.482 e. The maximum absolute atomic E-state index is 13.6. The Kier molecular flexibility index (Phi) is 5.47. The van der Waals surface area contributed by atoms with Crippen molar-refractivity contribution < 1.29 is 9.53 Å². The van der Waals surface area contributed by atoms with Crippen molar-refractivity contribution in [3.05, 3.63) is 60.4 Å². The Hall–Kier alpha value is -2.40. The van der Waals surface area contributed by atoms with Gasteiger partial charge in [0.05, 0.1) is 6.20 Å². The number of likely N-dealkylation sites (tertiary alicyclic amines) is 2. The lowest BCUT2D eigenvalue weighted by atomic mass is 9.69. The van der Waals surface area contributed by atoms with E-state index in [-0.39, 0.29) is 24.0 Å². The molecular formula is C26H33N3O2. The standard InChI is InChI=1S/C26H33N3O2/c1-26-16-22-21(15-19-9-4-3-5-10-19)28(2)23(26)12-6-7-13-24(26)29(22)25(30)18-31-20-11-8-14-27-17-20/h3-5,8-11,14,17,21-24H,6-7,12-13,15-16,18H2,1-2H3/t21-,22-,23+,24-,26+/m0/s1. The van der Waals surface area contributed by atoms with Crippen LogP contribution in [-0.2, 0) is 11.2 Å². The SMILES string of the molecule is CN1[C@@H](Cc2ccccc2)[C@@H]2C[C@@]3(C)[C@H](CCCC[C@@H]13)N2C(=O)COc1cccnc1. The third-order valence-corrected chi connectivity index (χ3v) is 8.10. The van der Waals surface area contributed by atoms with Crippen LogP contribution in [0.1, 0.15) is 44.6 Å². The van der Waals surface area contributed by atoms with Gasteiger partial charge >= 0.3 is 0 Å². The van der Waals surface area contributed by atoms with Gasteiger partial charge in [0.1, 0.15) is 5.75 Å². The van der Waals surface area contributed by atoms with E-state index in [1.807, 2.05) is 12.1 Å². The molecule has 1 aromatic heterocycles. The van der Waals surface area contributed by atoms with E-state index in [0.29, 0.717) is 23.9 Å². The molecule has 0 unspecified atom stereocenters. The van der Waals surface area contributed by atoms with Crippen LogP contribution < -0.4 is 4.74 Å². The van der Waals surface area contributed by atoms with E-state index in [2.05, 4.69) is 59.1 Å². The summed E-state index contributed by atoms with van der Waals surface area (Å²) in [4.78, 5) is 22.5. The first-order valence-electron chi connectivity index (χ1n) is 11.7. The van der Waals surface area contributed by atoms with Crippen molar-refractivity contribution in [1.82, 2.24) is 14.8 Å². The molecule has 0 N–H and O–H groups in total. The van der Waals surface area contributed by atoms with Gasteiger partial charge in [-0.05, 0) is 50.4 Å². The molecule has 31 heavy (non-hydrogen) atoms. The molecule has 5 atom stereocenters. The number of piperidine rings is 1. The fourth-order valence-electron chi connectivity index (χ4n) is 6.71. The highest BCUT2D eigenvalue weighted by Crippen LogP contribution is 2.55. The first-order valence-corrected chi connectivity index (χ1v) is 11.7. The molecule has 0 radical (unpaired) electrons. The Morgan fingerprint density at radius 1 is 1.13 bits per heavy atom. The van der Waals surface area contributed by atoms with Gasteiger partial charge < -0.3 is 9.64 Å². The van der Waals surface area contributed by atoms with Crippen molar-refractivity contribution in [1.29, 1.82) is 0 Å². The van der Waals surface area contributed by atoms with Crippen molar-refractivity contribution in [3.8, 4) is 5.75 Å². The molecule has 164 valence electrons. The molecule has 2 aromatic rings. The topological polar surface area (TPSA) is 45.7 Å². The number of hydrogen-bond acceptors (Lipinski definition) is 4. The van der Waals surface area contributed by atoms with Crippen LogP contribution in [0.25, 0.3) is 0 Å². The van der Waals surface area contributed by atoms with Gasteiger partial charge in [-0.15, -0.1) is 0 Å². The molecule has 5 nitrogen and oxygen atoms in total. The van der Waals surface area contributed by atoms with Crippen LogP contribution in [-0.4, -0.2) is 58.5 Å². The second-order valence-electron chi connectivity index (χ2n) is 9.79. The van der Waals surface area contributed by atoms with E-state index >= 15 is 0 Å². The average Bonchev–Trinajstić information content (AvgIpc) is 2.94. The first kappa shape index (κ1) is 20.5. The number of ether oxygens (including phenoxy) is 1. The van der Waals surface area contributed by atoms with E-state index in [0.717, 1.165) is 19.3 Å². The van der Waals surface area contributed by atoms with Gasteiger partial charge in [0.15, 0.2) is 6.61 Å². The van der Waals surface area contributed by atoms with Gasteiger partial charge in [-0.3, -0.25) is 14.7 Å². The fraction of sp³-hybridized carbons (Fsp3) is 0.538. The zero-order valence-electron chi connectivity index (χ0n) is 18.6. The molecule has 1 aliphatic carbocycles. The van der Waals surface area contributed by atoms with Crippen LogP contribution >= 0.6 is 0 Å². The second kappa shape index (κ2) is 8.27. The summed E-state index contributed by atoms with van der Waals surface area (Å²) in [6, 6.07) is 15.8. The summed E-state index contributed by atoms with van der Waals surface area (Å²) < 4.78 is 5.84. The lowest BCUT2D eigenvalue weighted by molar-refractivity contribution is -0.137. The zero-order valence-corrected chi connectivity index (χ0v) is 18.6. The number of fused-ring (bicyclic) bond motifs is 1. The van der Waals surface area contributed by atoms with E-state index < -0.39 is 0 Å². The highest BCUT2D eigenvalue weighted by Gasteiger charge is 2.62. The largest absolute Gasteiger partial charge is 0.482 e. The highest BCUT2D eigenvalue weighted by molar-refractivity contribution is 5.79. The van der Waals surface area contributed by atoms with E-state index in [1.54, 1.807) is 12.4 Å². The molecule has 3 heterocycles. The molecule has 1 saturated carbocycles. The van der Waals surface area contributed by atoms with Crippen molar-refractivity contribution in [2.24, 2.45) is 5.41 Å². The lowest BCUT2D eigenvalue weighted by Crippen LogP contribution is -2.58. The summed E-state index contributed by atoms with van der Waals surface area (Å²) in [7, 11) is 2.30. The second-order valence-corrected chi connectivity index (χ2v) is 9.79. The molecule has 1 amide bonds. The number of likely N-dealkylation sites (N-methyl/N-ethyl adjacent to an activating group) is 1. The molecular weight excluding hydrogens is 386 g/mol. The molecule has 0 spiro atoms. The molecule has 2 saturated heterocycles. The Labute approximate surface area is 185 Å². The van der Waals surface area contributed by atoms with Crippen LogP contribution in [0.3, 0.4) is 0 Å². The smallest absolute Gasteiger partial charge is 0.261 e. The van der Waals surface area contributed by atoms with E-state index in [1.165, 1.54) is 24.8 Å². The number of pyridine rings is 1. The van der Waals surface area contributed by atoms with Gasteiger partial charge in [0, 0.05) is 35.8 Å². The monoisotopic (exact) mass is 419 g/mol. The number of carbonyl (C=O) groups is 1. The number of carbonyl (C=O) groups excluding carboxylic acids is 1. The Balaban J connectivity index is 1.44. The Morgan fingerprint density at radius 3 is 2.65 bits per heavy atom. The van der Waals surface area contributed by atoms with Crippen molar-refractivity contribution in [3.63, 3.8) is 0 Å². The average molecular weight is 420 g/mol. The highest BCUT2D eigenvalue weighted by atomic mass is 16.5. The Morgan fingerprint density at radius 2 is 1.90 bits per heavy atom. The molecule has 3 fully saturated rings. The lowest BCUT2D eigenvalue weighted by Gasteiger charge is -2.49. The number of hydrogen-bond donors (Lipinski definition) is 0. The predicted molar refractivity (Wildman–Crippen MR) is 121 cm³/mol.